The second-order valence-electron chi connectivity index (χ2n) is 5.30. The average Bonchev–Trinajstić information content (AvgIpc) is 2.50. The number of ether oxygens (including phenoxy) is 1. The molecule has 0 radical (unpaired) electrons. The zero-order valence-corrected chi connectivity index (χ0v) is 13.0. The summed E-state index contributed by atoms with van der Waals surface area (Å²) in [4.78, 5) is 0. The van der Waals surface area contributed by atoms with E-state index in [0.29, 0.717) is 12.6 Å². The zero-order valence-electron chi connectivity index (χ0n) is 12.2. The van der Waals surface area contributed by atoms with Gasteiger partial charge >= 0.3 is 0 Å². The summed E-state index contributed by atoms with van der Waals surface area (Å²) in [6.07, 6.45) is 8.57. The van der Waals surface area contributed by atoms with Crippen molar-refractivity contribution < 1.29 is 4.74 Å². The molecular formula is C17H24ClNO. The monoisotopic (exact) mass is 293 g/mol. The number of hydrogen-bond acceptors (Lipinski definition) is 2. The van der Waals surface area contributed by atoms with Crippen LogP contribution in [0.15, 0.2) is 35.9 Å². The summed E-state index contributed by atoms with van der Waals surface area (Å²) in [5.41, 5.74) is 1.51. The van der Waals surface area contributed by atoms with Crippen LogP contribution in [0.5, 0.6) is 5.75 Å². The van der Waals surface area contributed by atoms with Crippen molar-refractivity contribution in [1.29, 1.82) is 0 Å². The molecule has 0 saturated heterocycles. The van der Waals surface area contributed by atoms with Crippen molar-refractivity contribution in [3.63, 3.8) is 0 Å². The lowest BCUT2D eigenvalue weighted by Gasteiger charge is -2.24. The van der Waals surface area contributed by atoms with Crippen LogP contribution in [0.25, 0.3) is 0 Å². The molecule has 0 amide bonds. The topological polar surface area (TPSA) is 21.3 Å². The molecule has 0 aliphatic heterocycles. The standard InChI is InChI=1S/C17H24ClNO/c1-2-12-19-17(14-6-4-3-5-7-14)13-20-16-10-8-15(18)9-11-16/h6,8-11,17,19H,2-5,7,12-13H2,1H3. The van der Waals surface area contributed by atoms with Gasteiger partial charge in [0.05, 0.1) is 6.04 Å². The molecule has 0 spiro atoms. The maximum atomic E-state index is 5.91. The van der Waals surface area contributed by atoms with Crippen molar-refractivity contribution >= 4 is 11.6 Å². The second-order valence-corrected chi connectivity index (χ2v) is 5.73. The fourth-order valence-corrected chi connectivity index (χ4v) is 2.63. The molecule has 110 valence electrons. The molecule has 2 nitrogen and oxygen atoms in total. The number of allylic oxidation sites excluding steroid dienone is 1. The van der Waals surface area contributed by atoms with E-state index in [0.717, 1.165) is 23.7 Å². The van der Waals surface area contributed by atoms with Crippen LogP contribution >= 0.6 is 11.6 Å². The SMILES string of the molecule is CCCNC(COc1ccc(Cl)cc1)C1=CCCCC1. The Hall–Kier alpha value is -0.990. The van der Waals surface area contributed by atoms with E-state index in [-0.39, 0.29) is 0 Å². The number of benzene rings is 1. The molecule has 20 heavy (non-hydrogen) atoms. The summed E-state index contributed by atoms with van der Waals surface area (Å²) in [5.74, 6) is 0.883. The van der Waals surface area contributed by atoms with Gasteiger partial charge in [-0.1, -0.05) is 30.2 Å². The van der Waals surface area contributed by atoms with Gasteiger partial charge in [-0.15, -0.1) is 0 Å². The lowest BCUT2D eigenvalue weighted by molar-refractivity contribution is 0.277. The van der Waals surface area contributed by atoms with Crippen molar-refractivity contribution in [2.75, 3.05) is 13.2 Å². The normalized spacial score (nSPS) is 16.6. The number of halogens is 1. The predicted molar refractivity (Wildman–Crippen MR) is 85.6 cm³/mol. The van der Waals surface area contributed by atoms with E-state index in [1.54, 1.807) is 0 Å². The number of nitrogens with one attached hydrogen (secondary N) is 1. The molecule has 1 aliphatic rings. The Balaban J connectivity index is 1.92. The molecular weight excluding hydrogens is 270 g/mol. The Bertz CT molecular complexity index is 427. The van der Waals surface area contributed by atoms with Gasteiger partial charge in [0.1, 0.15) is 12.4 Å². The third kappa shape index (κ3) is 4.84. The van der Waals surface area contributed by atoms with Gasteiger partial charge in [-0.2, -0.15) is 0 Å². The largest absolute Gasteiger partial charge is 0.492 e. The van der Waals surface area contributed by atoms with E-state index in [4.69, 9.17) is 16.3 Å². The van der Waals surface area contributed by atoms with Gasteiger partial charge in [-0.3, -0.25) is 0 Å². The lowest BCUT2D eigenvalue weighted by Crippen LogP contribution is -2.37. The predicted octanol–water partition coefficient (Wildman–Crippen LogP) is 4.59. The highest BCUT2D eigenvalue weighted by molar-refractivity contribution is 6.30. The van der Waals surface area contributed by atoms with Crippen LogP contribution in [0.2, 0.25) is 5.02 Å². The highest BCUT2D eigenvalue weighted by Crippen LogP contribution is 2.22. The Morgan fingerprint density at radius 2 is 2.05 bits per heavy atom. The van der Waals surface area contributed by atoms with Crippen LogP contribution in [0.1, 0.15) is 39.0 Å². The molecule has 0 heterocycles. The minimum atomic E-state index is 0.339. The van der Waals surface area contributed by atoms with Gasteiger partial charge in [-0.05, 0) is 62.9 Å². The molecule has 3 heteroatoms. The summed E-state index contributed by atoms with van der Waals surface area (Å²) in [5, 5.41) is 4.34. The van der Waals surface area contributed by atoms with Crippen LogP contribution in [0, 0.1) is 0 Å². The molecule has 1 aromatic carbocycles. The van der Waals surface area contributed by atoms with Gasteiger partial charge in [0.2, 0.25) is 0 Å². The van der Waals surface area contributed by atoms with E-state index in [2.05, 4.69) is 18.3 Å². The Morgan fingerprint density at radius 3 is 2.70 bits per heavy atom. The molecule has 1 aliphatic carbocycles. The first-order valence-corrected chi connectivity index (χ1v) is 7.98. The van der Waals surface area contributed by atoms with Crippen LogP contribution in [-0.4, -0.2) is 19.2 Å². The molecule has 1 N–H and O–H groups in total. The Morgan fingerprint density at radius 1 is 1.25 bits per heavy atom. The van der Waals surface area contributed by atoms with Crippen molar-refractivity contribution in [3.05, 3.63) is 40.9 Å². The Kier molecular flexibility index (Phi) is 6.41. The van der Waals surface area contributed by atoms with Gasteiger partial charge in [0.15, 0.2) is 0 Å². The summed E-state index contributed by atoms with van der Waals surface area (Å²) < 4.78 is 5.91. The first-order valence-electron chi connectivity index (χ1n) is 7.60. The molecule has 2 rings (SSSR count). The maximum Gasteiger partial charge on any atom is 0.119 e. The van der Waals surface area contributed by atoms with Crippen LogP contribution in [0.3, 0.4) is 0 Å². The van der Waals surface area contributed by atoms with E-state index in [9.17, 15) is 0 Å². The quantitative estimate of drug-likeness (QED) is 0.743. The van der Waals surface area contributed by atoms with Crippen molar-refractivity contribution in [2.24, 2.45) is 0 Å². The van der Waals surface area contributed by atoms with Crippen LogP contribution in [-0.2, 0) is 0 Å². The van der Waals surface area contributed by atoms with Crippen molar-refractivity contribution in [3.8, 4) is 5.75 Å². The summed E-state index contributed by atoms with van der Waals surface area (Å²) in [7, 11) is 0. The smallest absolute Gasteiger partial charge is 0.119 e. The first-order chi connectivity index (χ1) is 9.79. The minimum Gasteiger partial charge on any atom is -0.492 e. The average molecular weight is 294 g/mol. The Labute approximate surface area is 127 Å². The first kappa shape index (κ1) is 15.4. The third-order valence-corrected chi connectivity index (χ3v) is 3.90. The fraction of sp³-hybridized carbons (Fsp3) is 0.529. The second kappa shape index (κ2) is 8.33. The van der Waals surface area contributed by atoms with E-state index in [1.807, 2.05) is 24.3 Å². The van der Waals surface area contributed by atoms with E-state index >= 15 is 0 Å². The fourth-order valence-electron chi connectivity index (χ4n) is 2.51. The molecule has 0 saturated carbocycles. The molecule has 0 bridgehead atoms. The van der Waals surface area contributed by atoms with Crippen molar-refractivity contribution in [1.82, 2.24) is 5.32 Å². The van der Waals surface area contributed by atoms with E-state index < -0.39 is 0 Å². The molecule has 1 unspecified atom stereocenters. The summed E-state index contributed by atoms with van der Waals surface area (Å²) in [6, 6.07) is 7.92. The number of rotatable bonds is 7. The van der Waals surface area contributed by atoms with Gasteiger partial charge in [0.25, 0.3) is 0 Å². The van der Waals surface area contributed by atoms with Crippen LogP contribution in [0.4, 0.5) is 0 Å². The lowest BCUT2D eigenvalue weighted by atomic mass is 9.94. The maximum absolute atomic E-state index is 5.91. The van der Waals surface area contributed by atoms with Crippen molar-refractivity contribution in [2.45, 2.75) is 45.1 Å². The number of hydrogen-bond donors (Lipinski definition) is 1. The molecule has 1 aromatic rings. The van der Waals surface area contributed by atoms with E-state index in [1.165, 1.54) is 31.3 Å². The van der Waals surface area contributed by atoms with Crippen LogP contribution < -0.4 is 10.1 Å². The van der Waals surface area contributed by atoms with Gasteiger partial charge in [-0.25, -0.2) is 0 Å². The molecule has 0 aromatic heterocycles. The summed E-state index contributed by atoms with van der Waals surface area (Å²) in [6.45, 7) is 3.92. The molecule has 0 fully saturated rings. The summed E-state index contributed by atoms with van der Waals surface area (Å²) >= 11 is 5.89. The molecule has 1 atom stereocenters. The third-order valence-electron chi connectivity index (χ3n) is 3.64. The minimum absolute atomic E-state index is 0.339. The highest BCUT2D eigenvalue weighted by atomic mass is 35.5. The zero-order chi connectivity index (χ0) is 14.2. The highest BCUT2D eigenvalue weighted by Gasteiger charge is 2.16. The van der Waals surface area contributed by atoms with Gasteiger partial charge in [0, 0.05) is 5.02 Å². The van der Waals surface area contributed by atoms with Gasteiger partial charge < -0.3 is 10.1 Å².